The number of carboxylic acids is 1. The molecule has 0 saturated heterocycles. The summed E-state index contributed by atoms with van der Waals surface area (Å²) >= 11 is 7.88. The van der Waals surface area contributed by atoms with Gasteiger partial charge in [0.2, 0.25) is 0 Å². The number of halogens is 2. The number of aromatic nitrogens is 1. The average Bonchev–Trinajstić information content (AvgIpc) is 2.11. The van der Waals surface area contributed by atoms with Crippen molar-refractivity contribution < 1.29 is 9.90 Å². The Morgan fingerprint density at radius 1 is 1.79 bits per heavy atom. The Hall–Kier alpha value is -0.400. The number of pyridine rings is 1. The lowest BCUT2D eigenvalue weighted by molar-refractivity contribution is -0.138. The molecule has 0 bridgehead atoms. The molecule has 0 aliphatic rings. The van der Waals surface area contributed by atoms with Gasteiger partial charge in [0.15, 0.2) is 0 Å². The van der Waals surface area contributed by atoms with Gasteiger partial charge in [-0.1, -0.05) is 11.6 Å². The smallest absolute Gasteiger partial charge is 0.320 e. The van der Waals surface area contributed by atoms with Gasteiger partial charge in [-0.3, -0.25) is 4.79 Å². The number of hydrogen-bond donors (Lipinski definition) is 2. The summed E-state index contributed by atoms with van der Waals surface area (Å²) in [4.78, 5) is 14.4. The normalized spacial score (nSPS) is 12.5. The third-order valence-corrected chi connectivity index (χ3v) is 3.02. The van der Waals surface area contributed by atoms with Crippen LogP contribution in [0.4, 0.5) is 0 Å². The Balaban J connectivity index is 2.91. The SMILES string of the molecule is NC(Cc1c(I)ccnc1Cl)C(=O)O. The lowest BCUT2D eigenvalue weighted by Gasteiger charge is -2.09. The summed E-state index contributed by atoms with van der Waals surface area (Å²) in [6.45, 7) is 0. The summed E-state index contributed by atoms with van der Waals surface area (Å²) < 4.78 is 0.874. The molecule has 76 valence electrons. The third kappa shape index (κ3) is 2.79. The number of rotatable bonds is 3. The molecule has 3 N–H and O–H groups in total. The molecule has 1 rings (SSSR count). The minimum atomic E-state index is -1.04. The zero-order valence-corrected chi connectivity index (χ0v) is 9.99. The lowest BCUT2D eigenvalue weighted by Crippen LogP contribution is -2.32. The molecule has 0 radical (unpaired) electrons. The molecular weight excluding hydrogens is 318 g/mol. The van der Waals surface area contributed by atoms with Crippen LogP contribution in [0.5, 0.6) is 0 Å². The number of carboxylic acid groups (broad SMARTS) is 1. The van der Waals surface area contributed by atoms with Gasteiger partial charge in [-0.15, -0.1) is 0 Å². The Morgan fingerprint density at radius 2 is 2.43 bits per heavy atom. The molecule has 1 atom stereocenters. The summed E-state index contributed by atoms with van der Waals surface area (Å²) in [5.41, 5.74) is 6.08. The summed E-state index contributed by atoms with van der Waals surface area (Å²) in [5, 5.41) is 8.95. The van der Waals surface area contributed by atoms with Crippen molar-refractivity contribution in [3.8, 4) is 0 Å². The maximum absolute atomic E-state index is 10.5. The molecule has 0 aromatic carbocycles. The molecule has 1 heterocycles. The zero-order valence-electron chi connectivity index (χ0n) is 7.08. The molecule has 1 unspecified atom stereocenters. The minimum Gasteiger partial charge on any atom is -0.480 e. The first-order chi connectivity index (χ1) is 6.52. The van der Waals surface area contributed by atoms with Crippen LogP contribution in [0.2, 0.25) is 5.15 Å². The van der Waals surface area contributed by atoms with Crippen molar-refractivity contribution in [1.29, 1.82) is 0 Å². The first-order valence-corrected chi connectivity index (χ1v) is 5.25. The molecular formula is C8H8ClIN2O2. The van der Waals surface area contributed by atoms with Crippen LogP contribution in [0.3, 0.4) is 0 Å². The first-order valence-electron chi connectivity index (χ1n) is 3.79. The van der Waals surface area contributed by atoms with Crippen molar-refractivity contribution in [2.75, 3.05) is 0 Å². The van der Waals surface area contributed by atoms with Crippen LogP contribution in [0.25, 0.3) is 0 Å². The number of hydrogen-bond acceptors (Lipinski definition) is 3. The Morgan fingerprint density at radius 3 is 2.93 bits per heavy atom. The predicted octanol–water partition coefficient (Wildman–Crippen LogP) is 1.29. The van der Waals surface area contributed by atoms with E-state index in [4.69, 9.17) is 22.4 Å². The fourth-order valence-corrected chi connectivity index (χ4v) is 1.97. The van der Waals surface area contributed by atoms with Gasteiger partial charge in [0.1, 0.15) is 11.2 Å². The number of carbonyl (C=O) groups is 1. The van der Waals surface area contributed by atoms with Crippen molar-refractivity contribution in [3.05, 3.63) is 26.5 Å². The van der Waals surface area contributed by atoms with Gasteiger partial charge in [-0.2, -0.15) is 0 Å². The van der Waals surface area contributed by atoms with Crippen molar-refractivity contribution in [2.24, 2.45) is 5.73 Å². The standard InChI is InChI=1S/C8H8ClIN2O2/c9-7-4(3-6(11)8(13)14)5(10)1-2-12-7/h1-2,6H,3,11H2,(H,13,14). The van der Waals surface area contributed by atoms with Crippen LogP contribution in [0.1, 0.15) is 5.56 Å². The number of nitrogens with two attached hydrogens (primary N) is 1. The largest absolute Gasteiger partial charge is 0.480 e. The van der Waals surface area contributed by atoms with Crippen LogP contribution in [-0.4, -0.2) is 22.1 Å². The summed E-state index contributed by atoms with van der Waals surface area (Å²) in [5.74, 6) is -1.04. The van der Waals surface area contributed by atoms with Crippen LogP contribution in [0.15, 0.2) is 12.3 Å². The van der Waals surface area contributed by atoms with E-state index < -0.39 is 12.0 Å². The zero-order chi connectivity index (χ0) is 10.7. The van der Waals surface area contributed by atoms with Crippen LogP contribution in [0, 0.1) is 3.57 Å². The van der Waals surface area contributed by atoms with E-state index in [-0.39, 0.29) is 6.42 Å². The second kappa shape index (κ2) is 4.90. The highest BCUT2D eigenvalue weighted by molar-refractivity contribution is 14.1. The second-order valence-electron chi connectivity index (χ2n) is 2.71. The topological polar surface area (TPSA) is 76.2 Å². The van der Waals surface area contributed by atoms with Gasteiger partial charge >= 0.3 is 5.97 Å². The van der Waals surface area contributed by atoms with E-state index in [2.05, 4.69) is 27.6 Å². The van der Waals surface area contributed by atoms with Gasteiger partial charge in [0, 0.05) is 21.8 Å². The molecule has 4 nitrogen and oxygen atoms in total. The monoisotopic (exact) mass is 326 g/mol. The van der Waals surface area contributed by atoms with Gasteiger partial charge in [0.25, 0.3) is 0 Å². The van der Waals surface area contributed by atoms with Crippen LogP contribution in [-0.2, 0) is 11.2 Å². The van der Waals surface area contributed by atoms with E-state index in [1.54, 1.807) is 12.3 Å². The summed E-state index contributed by atoms with van der Waals surface area (Å²) in [7, 11) is 0. The van der Waals surface area contributed by atoms with E-state index in [0.29, 0.717) is 10.7 Å². The van der Waals surface area contributed by atoms with Gasteiger partial charge in [0.05, 0.1) is 0 Å². The van der Waals surface area contributed by atoms with E-state index in [9.17, 15) is 4.79 Å². The van der Waals surface area contributed by atoms with Crippen LogP contribution < -0.4 is 5.73 Å². The maximum atomic E-state index is 10.5. The van der Waals surface area contributed by atoms with Crippen molar-refractivity contribution in [2.45, 2.75) is 12.5 Å². The number of nitrogens with zero attached hydrogens (tertiary/aromatic N) is 1. The predicted molar refractivity (Wildman–Crippen MR) is 61.3 cm³/mol. The molecule has 1 aromatic rings. The molecule has 0 fully saturated rings. The fourth-order valence-electron chi connectivity index (χ4n) is 0.934. The molecule has 0 aliphatic heterocycles. The average molecular weight is 327 g/mol. The minimum absolute atomic E-state index is 0.195. The lowest BCUT2D eigenvalue weighted by atomic mass is 10.1. The van der Waals surface area contributed by atoms with E-state index in [0.717, 1.165) is 3.57 Å². The molecule has 1 aromatic heterocycles. The van der Waals surface area contributed by atoms with Gasteiger partial charge < -0.3 is 10.8 Å². The fraction of sp³-hybridized carbons (Fsp3) is 0.250. The maximum Gasteiger partial charge on any atom is 0.320 e. The molecule has 0 spiro atoms. The Labute approximate surface area is 99.6 Å². The third-order valence-electron chi connectivity index (χ3n) is 1.69. The van der Waals surface area contributed by atoms with Crippen molar-refractivity contribution in [1.82, 2.24) is 4.98 Å². The van der Waals surface area contributed by atoms with Gasteiger partial charge in [-0.25, -0.2) is 4.98 Å². The first kappa shape index (κ1) is 11.7. The highest BCUT2D eigenvalue weighted by Gasteiger charge is 2.16. The Bertz CT molecular complexity index is 339. The molecule has 0 aliphatic carbocycles. The quantitative estimate of drug-likeness (QED) is 0.648. The van der Waals surface area contributed by atoms with E-state index in [1.165, 1.54) is 0 Å². The highest BCUT2D eigenvalue weighted by atomic mass is 127. The van der Waals surface area contributed by atoms with E-state index in [1.807, 2.05) is 0 Å². The van der Waals surface area contributed by atoms with Crippen molar-refractivity contribution >= 4 is 40.2 Å². The van der Waals surface area contributed by atoms with Gasteiger partial charge in [-0.05, 0) is 28.7 Å². The molecule has 0 amide bonds. The highest BCUT2D eigenvalue weighted by Crippen LogP contribution is 2.20. The molecule has 6 heteroatoms. The van der Waals surface area contributed by atoms with Crippen LogP contribution >= 0.6 is 34.2 Å². The summed E-state index contributed by atoms with van der Waals surface area (Å²) in [6, 6.07) is 0.821. The molecule has 0 saturated carbocycles. The van der Waals surface area contributed by atoms with E-state index >= 15 is 0 Å². The number of aliphatic carboxylic acids is 1. The van der Waals surface area contributed by atoms with Crippen molar-refractivity contribution in [3.63, 3.8) is 0 Å². The second-order valence-corrected chi connectivity index (χ2v) is 4.23. The Kier molecular flexibility index (Phi) is 4.09. The summed E-state index contributed by atoms with van der Waals surface area (Å²) in [6.07, 6.45) is 1.76. The molecule has 14 heavy (non-hydrogen) atoms.